The predicted octanol–water partition coefficient (Wildman–Crippen LogP) is 2.50. The zero-order chi connectivity index (χ0) is 7.82. The quantitative estimate of drug-likeness (QED) is 0.585. The summed E-state index contributed by atoms with van der Waals surface area (Å²) in [5, 5.41) is 9.12. The van der Waals surface area contributed by atoms with E-state index < -0.39 is 0 Å². The lowest BCUT2D eigenvalue weighted by atomic mass is 10.1. The summed E-state index contributed by atoms with van der Waals surface area (Å²) in [4.78, 5) is 0. The second kappa shape index (κ2) is 6.81. The first-order valence-electron chi connectivity index (χ1n) is 4.14. The molecule has 0 bridgehead atoms. The minimum absolute atomic E-state index is 0.0958. The van der Waals surface area contributed by atoms with Gasteiger partial charge in [0.15, 0.2) is 0 Å². The number of hydrogen-bond acceptors (Lipinski definition) is 1. The van der Waals surface area contributed by atoms with Gasteiger partial charge in [-0.2, -0.15) is 0 Å². The first kappa shape index (κ1) is 9.70. The van der Waals surface area contributed by atoms with E-state index in [0.29, 0.717) is 0 Å². The highest BCUT2D eigenvalue weighted by molar-refractivity contribution is 4.80. The number of aliphatic hydroxyl groups excluding tert-OH is 1. The van der Waals surface area contributed by atoms with E-state index in [2.05, 4.69) is 19.1 Å². The van der Waals surface area contributed by atoms with Gasteiger partial charge in [-0.1, -0.05) is 26.0 Å². The Balaban J connectivity index is 3.10. The lowest BCUT2D eigenvalue weighted by Gasteiger charge is -2.02. The summed E-state index contributed by atoms with van der Waals surface area (Å²) in [7, 11) is 0. The first-order valence-corrected chi connectivity index (χ1v) is 4.14. The van der Waals surface area contributed by atoms with Gasteiger partial charge >= 0.3 is 0 Å². The van der Waals surface area contributed by atoms with Crippen LogP contribution in [0, 0.1) is 0 Å². The van der Waals surface area contributed by atoms with Crippen molar-refractivity contribution in [2.24, 2.45) is 0 Å². The van der Waals surface area contributed by atoms with Crippen molar-refractivity contribution in [1.82, 2.24) is 0 Å². The van der Waals surface area contributed by atoms with E-state index >= 15 is 0 Å². The van der Waals surface area contributed by atoms with Gasteiger partial charge in [0.2, 0.25) is 0 Å². The highest BCUT2D eigenvalue weighted by Crippen LogP contribution is 2.01. The van der Waals surface area contributed by atoms with Crippen LogP contribution in [0.1, 0.15) is 39.5 Å². The molecule has 0 heterocycles. The standard InChI is InChI=1S/C9H18O/c1-3-5-6-7-8-9(10)4-2/h5-6,9-10H,3-4,7-8H2,1-2H3/b6-5+. The van der Waals surface area contributed by atoms with Gasteiger partial charge in [0, 0.05) is 0 Å². The first-order chi connectivity index (χ1) is 4.81. The largest absolute Gasteiger partial charge is 0.393 e. The molecule has 0 fully saturated rings. The lowest BCUT2D eigenvalue weighted by molar-refractivity contribution is 0.161. The Morgan fingerprint density at radius 3 is 2.50 bits per heavy atom. The van der Waals surface area contributed by atoms with E-state index in [9.17, 15) is 0 Å². The highest BCUT2D eigenvalue weighted by atomic mass is 16.3. The van der Waals surface area contributed by atoms with Crippen LogP contribution in [-0.2, 0) is 0 Å². The van der Waals surface area contributed by atoms with Gasteiger partial charge in [0.05, 0.1) is 6.10 Å². The minimum Gasteiger partial charge on any atom is -0.393 e. The van der Waals surface area contributed by atoms with Crippen molar-refractivity contribution in [2.45, 2.75) is 45.6 Å². The van der Waals surface area contributed by atoms with Crippen LogP contribution < -0.4 is 0 Å². The van der Waals surface area contributed by atoms with Crippen LogP contribution in [0.3, 0.4) is 0 Å². The van der Waals surface area contributed by atoms with Crippen molar-refractivity contribution in [3.05, 3.63) is 12.2 Å². The summed E-state index contributed by atoms with van der Waals surface area (Å²) in [6, 6.07) is 0. The molecule has 1 nitrogen and oxygen atoms in total. The van der Waals surface area contributed by atoms with Crippen molar-refractivity contribution in [1.29, 1.82) is 0 Å². The zero-order valence-electron chi connectivity index (χ0n) is 7.01. The van der Waals surface area contributed by atoms with Gasteiger partial charge < -0.3 is 5.11 Å². The van der Waals surface area contributed by atoms with Gasteiger partial charge in [-0.3, -0.25) is 0 Å². The molecular weight excluding hydrogens is 124 g/mol. The molecule has 60 valence electrons. The summed E-state index contributed by atoms with van der Waals surface area (Å²) in [5.41, 5.74) is 0. The van der Waals surface area contributed by atoms with Crippen molar-refractivity contribution in [3.8, 4) is 0 Å². The summed E-state index contributed by atoms with van der Waals surface area (Å²) >= 11 is 0. The lowest BCUT2D eigenvalue weighted by Crippen LogP contribution is -2.02. The Morgan fingerprint density at radius 2 is 2.00 bits per heavy atom. The molecule has 0 aliphatic heterocycles. The Labute approximate surface area is 63.8 Å². The van der Waals surface area contributed by atoms with E-state index in [0.717, 1.165) is 25.7 Å². The van der Waals surface area contributed by atoms with Gasteiger partial charge in [-0.05, 0) is 25.7 Å². The fraction of sp³-hybridized carbons (Fsp3) is 0.778. The van der Waals surface area contributed by atoms with Crippen molar-refractivity contribution >= 4 is 0 Å². The third-order valence-electron chi connectivity index (χ3n) is 1.54. The third-order valence-corrected chi connectivity index (χ3v) is 1.54. The molecule has 0 amide bonds. The van der Waals surface area contributed by atoms with Crippen LogP contribution >= 0.6 is 0 Å². The maximum absolute atomic E-state index is 9.12. The average molecular weight is 142 g/mol. The Morgan fingerprint density at radius 1 is 1.30 bits per heavy atom. The summed E-state index contributed by atoms with van der Waals surface area (Å²) in [5.74, 6) is 0. The van der Waals surface area contributed by atoms with E-state index in [1.807, 2.05) is 6.92 Å². The molecule has 1 unspecified atom stereocenters. The topological polar surface area (TPSA) is 20.2 Å². The molecule has 0 aliphatic carbocycles. The van der Waals surface area contributed by atoms with E-state index in [4.69, 9.17) is 5.11 Å². The van der Waals surface area contributed by atoms with Crippen LogP contribution in [0.5, 0.6) is 0 Å². The smallest absolute Gasteiger partial charge is 0.0540 e. The molecule has 1 heteroatoms. The fourth-order valence-corrected chi connectivity index (χ4v) is 0.777. The average Bonchev–Trinajstić information content (AvgIpc) is 1.98. The molecule has 1 atom stereocenters. The number of hydrogen-bond donors (Lipinski definition) is 1. The highest BCUT2D eigenvalue weighted by Gasteiger charge is 1.96. The molecule has 1 N–H and O–H groups in total. The SMILES string of the molecule is CC/C=C/CCC(O)CC. The minimum atomic E-state index is -0.0958. The van der Waals surface area contributed by atoms with Gasteiger partial charge in [-0.15, -0.1) is 0 Å². The second-order valence-electron chi connectivity index (χ2n) is 2.52. The molecular formula is C9H18O. The number of aliphatic hydroxyl groups is 1. The van der Waals surface area contributed by atoms with Crippen molar-refractivity contribution < 1.29 is 5.11 Å². The molecule has 0 aromatic carbocycles. The van der Waals surface area contributed by atoms with Gasteiger partial charge in [0.25, 0.3) is 0 Å². The molecule has 10 heavy (non-hydrogen) atoms. The van der Waals surface area contributed by atoms with E-state index in [-0.39, 0.29) is 6.10 Å². The van der Waals surface area contributed by atoms with Crippen LogP contribution in [-0.4, -0.2) is 11.2 Å². The van der Waals surface area contributed by atoms with Crippen LogP contribution in [0.2, 0.25) is 0 Å². The Hall–Kier alpha value is -0.300. The third kappa shape index (κ3) is 5.83. The fourth-order valence-electron chi connectivity index (χ4n) is 0.777. The van der Waals surface area contributed by atoms with Crippen LogP contribution in [0.15, 0.2) is 12.2 Å². The predicted molar refractivity (Wildman–Crippen MR) is 45.0 cm³/mol. The Kier molecular flexibility index (Phi) is 6.61. The van der Waals surface area contributed by atoms with E-state index in [1.165, 1.54) is 0 Å². The molecule has 0 rings (SSSR count). The van der Waals surface area contributed by atoms with E-state index in [1.54, 1.807) is 0 Å². The molecule has 0 aliphatic rings. The maximum atomic E-state index is 9.12. The number of rotatable bonds is 5. The maximum Gasteiger partial charge on any atom is 0.0540 e. The van der Waals surface area contributed by atoms with Gasteiger partial charge in [0.1, 0.15) is 0 Å². The molecule has 0 radical (unpaired) electrons. The van der Waals surface area contributed by atoms with Crippen LogP contribution in [0.4, 0.5) is 0 Å². The normalized spacial score (nSPS) is 14.3. The summed E-state index contributed by atoms with van der Waals surface area (Å²) in [6.07, 6.45) is 8.08. The Bertz CT molecular complexity index is 86.7. The summed E-state index contributed by atoms with van der Waals surface area (Å²) < 4.78 is 0. The summed E-state index contributed by atoms with van der Waals surface area (Å²) in [6.45, 7) is 4.13. The monoisotopic (exact) mass is 142 g/mol. The molecule has 0 saturated carbocycles. The molecule has 0 aromatic heterocycles. The molecule has 0 saturated heterocycles. The van der Waals surface area contributed by atoms with Gasteiger partial charge in [-0.25, -0.2) is 0 Å². The zero-order valence-corrected chi connectivity index (χ0v) is 7.01. The van der Waals surface area contributed by atoms with Crippen LogP contribution in [0.25, 0.3) is 0 Å². The number of allylic oxidation sites excluding steroid dienone is 2. The molecule has 0 spiro atoms. The van der Waals surface area contributed by atoms with Crippen molar-refractivity contribution in [3.63, 3.8) is 0 Å². The van der Waals surface area contributed by atoms with Crippen molar-refractivity contribution in [2.75, 3.05) is 0 Å². The molecule has 0 aromatic rings. The second-order valence-corrected chi connectivity index (χ2v) is 2.52.